The van der Waals surface area contributed by atoms with Crippen LogP contribution in [0.15, 0.2) is 0 Å². The maximum Gasteiger partial charge on any atom is 0.241 e. The van der Waals surface area contributed by atoms with Crippen molar-refractivity contribution in [1.82, 2.24) is 10.2 Å². The van der Waals surface area contributed by atoms with E-state index in [1.54, 1.807) is 0 Å². The standard InChI is InChI=1S/C15H28N2O/c1-5-7-13-14(18)17(11(2)16-13)12-8-6-9-15(3,4)10-12/h11-13,16H,5-10H2,1-4H3. The van der Waals surface area contributed by atoms with Crippen LogP contribution in [0.1, 0.15) is 66.2 Å². The number of rotatable bonds is 3. The maximum absolute atomic E-state index is 12.5. The van der Waals surface area contributed by atoms with Crippen molar-refractivity contribution in [2.75, 3.05) is 0 Å². The van der Waals surface area contributed by atoms with Gasteiger partial charge >= 0.3 is 0 Å². The Morgan fingerprint density at radius 1 is 1.44 bits per heavy atom. The van der Waals surface area contributed by atoms with Gasteiger partial charge in [-0.05, 0) is 38.0 Å². The van der Waals surface area contributed by atoms with E-state index in [2.05, 4.69) is 37.9 Å². The Morgan fingerprint density at radius 3 is 2.78 bits per heavy atom. The molecule has 1 saturated heterocycles. The number of carbonyl (C=O) groups excluding carboxylic acids is 1. The molecule has 3 heteroatoms. The number of hydrogen-bond donors (Lipinski definition) is 1. The summed E-state index contributed by atoms with van der Waals surface area (Å²) in [5, 5.41) is 3.46. The summed E-state index contributed by atoms with van der Waals surface area (Å²) in [6.45, 7) is 8.95. The van der Waals surface area contributed by atoms with Crippen molar-refractivity contribution in [3.63, 3.8) is 0 Å². The predicted octanol–water partition coefficient (Wildman–Crippen LogP) is 2.90. The Balaban J connectivity index is 2.06. The van der Waals surface area contributed by atoms with Crippen LogP contribution < -0.4 is 5.32 Å². The second-order valence-corrected chi connectivity index (χ2v) is 6.84. The number of nitrogens with zero attached hydrogens (tertiary/aromatic N) is 1. The van der Waals surface area contributed by atoms with Gasteiger partial charge in [-0.3, -0.25) is 10.1 Å². The van der Waals surface area contributed by atoms with E-state index in [-0.39, 0.29) is 12.2 Å². The normalized spacial score (nSPS) is 36.1. The van der Waals surface area contributed by atoms with Crippen molar-refractivity contribution >= 4 is 5.91 Å². The molecule has 2 aliphatic rings. The van der Waals surface area contributed by atoms with Crippen LogP contribution in [0.25, 0.3) is 0 Å². The van der Waals surface area contributed by atoms with E-state index in [0.717, 1.165) is 19.3 Å². The summed E-state index contributed by atoms with van der Waals surface area (Å²) in [7, 11) is 0. The molecule has 0 spiro atoms. The van der Waals surface area contributed by atoms with E-state index < -0.39 is 0 Å². The first-order chi connectivity index (χ1) is 8.44. The Bertz CT molecular complexity index is 314. The molecule has 0 aromatic heterocycles. The van der Waals surface area contributed by atoms with Gasteiger partial charge < -0.3 is 4.90 Å². The van der Waals surface area contributed by atoms with Gasteiger partial charge in [0.25, 0.3) is 0 Å². The fourth-order valence-electron chi connectivity index (χ4n) is 3.70. The number of nitrogens with one attached hydrogen (secondary N) is 1. The molecule has 3 atom stereocenters. The fraction of sp³-hybridized carbons (Fsp3) is 0.933. The van der Waals surface area contributed by atoms with Crippen LogP contribution in [0.4, 0.5) is 0 Å². The van der Waals surface area contributed by atoms with Crippen molar-refractivity contribution < 1.29 is 4.79 Å². The second-order valence-electron chi connectivity index (χ2n) is 6.84. The van der Waals surface area contributed by atoms with Crippen molar-refractivity contribution in [3.8, 4) is 0 Å². The first-order valence-electron chi connectivity index (χ1n) is 7.53. The number of amides is 1. The SMILES string of the molecule is CCCC1NC(C)N(C2CCCC(C)(C)C2)C1=O. The molecular weight excluding hydrogens is 224 g/mol. The summed E-state index contributed by atoms with van der Waals surface area (Å²) in [5.41, 5.74) is 0.395. The van der Waals surface area contributed by atoms with Crippen molar-refractivity contribution in [1.29, 1.82) is 0 Å². The van der Waals surface area contributed by atoms with Gasteiger partial charge in [0.05, 0.1) is 12.2 Å². The molecule has 1 aliphatic carbocycles. The molecule has 2 fully saturated rings. The van der Waals surface area contributed by atoms with Crippen LogP contribution in [-0.4, -0.2) is 29.1 Å². The Morgan fingerprint density at radius 2 is 2.17 bits per heavy atom. The fourth-order valence-corrected chi connectivity index (χ4v) is 3.70. The molecule has 2 rings (SSSR count). The maximum atomic E-state index is 12.5. The molecule has 0 bridgehead atoms. The molecule has 3 nitrogen and oxygen atoms in total. The van der Waals surface area contributed by atoms with Crippen LogP contribution in [0, 0.1) is 5.41 Å². The van der Waals surface area contributed by atoms with E-state index in [0.29, 0.717) is 17.4 Å². The Kier molecular flexibility index (Phi) is 4.00. The van der Waals surface area contributed by atoms with Crippen molar-refractivity contribution in [2.24, 2.45) is 5.41 Å². The lowest BCUT2D eigenvalue weighted by Gasteiger charge is -2.41. The zero-order valence-electron chi connectivity index (χ0n) is 12.3. The lowest BCUT2D eigenvalue weighted by atomic mass is 9.74. The quantitative estimate of drug-likeness (QED) is 0.837. The molecule has 3 unspecified atom stereocenters. The van der Waals surface area contributed by atoms with Crippen LogP contribution in [0.2, 0.25) is 0 Å². The monoisotopic (exact) mass is 252 g/mol. The number of hydrogen-bond acceptors (Lipinski definition) is 2. The van der Waals surface area contributed by atoms with Crippen molar-refractivity contribution in [3.05, 3.63) is 0 Å². The zero-order valence-corrected chi connectivity index (χ0v) is 12.3. The zero-order chi connectivity index (χ0) is 13.3. The average molecular weight is 252 g/mol. The minimum Gasteiger partial charge on any atom is -0.323 e. The van der Waals surface area contributed by atoms with Crippen LogP contribution >= 0.6 is 0 Å². The molecule has 18 heavy (non-hydrogen) atoms. The molecule has 1 aliphatic heterocycles. The summed E-state index contributed by atoms with van der Waals surface area (Å²) in [4.78, 5) is 14.6. The van der Waals surface area contributed by atoms with Gasteiger partial charge in [0, 0.05) is 6.04 Å². The van der Waals surface area contributed by atoms with Gasteiger partial charge in [-0.2, -0.15) is 0 Å². The van der Waals surface area contributed by atoms with Crippen LogP contribution in [-0.2, 0) is 4.79 Å². The highest BCUT2D eigenvalue weighted by atomic mass is 16.2. The highest BCUT2D eigenvalue weighted by molar-refractivity contribution is 5.84. The van der Waals surface area contributed by atoms with E-state index in [1.807, 2.05) is 0 Å². The van der Waals surface area contributed by atoms with E-state index >= 15 is 0 Å². The van der Waals surface area contributed by atoms with E-state index in [4.69, 9.17) is 0 Å². The highest BCUT2D eigenvalue weighted by Crippen LogP contribution is 2.38. The van der Waals surface area contributed by atoms with Crippen LogP contribution in [0.3, 0.4) is 0 Å². The number of carbonyl (C=O) groups is 1. The van der Waals surface area contributed by atoms with Gasteiger partial charge in [0.15, 0.2) is 0 Å². The minimum atomic E-state index is 0.0649. The summed E-state index contributed by atoms with van der Waals surface area (Å²) in [6.07, 6.45) is 7.14. The molecule has 0 aromatic carbocycles. The van der Waals surface area contributed by atoms with Crippen LogP contribution in [0.5, 0.6) is 0 Å². The van der Waals surface area contributed by atoms with Crippen molar-refractivity contribution in [2.45, 2.75) is 84.5 Å². The third-order valence-electron chi connectivity index (χ3n) is 4.56. The average Bonchev–Trinajstić information content (AvgIpc) is 2.53. The topological polar surface area (TPSA) is 32.3 Å². The first-order valence-corrected chi connectivity index (χ1v) is 7.53. The molecule has 1 amide bonds. The minimum absolute atomic E-state index is 0.0649. The summed E-state index contributed by atoms with van der Waals surface area (Å²) in [6, 6.07) is 0.514. The summed E-state index contributed by atoms with van der Waals surface area (Å²) >= 11 is 0. The predicted molar refractivity (Wildman–Crippen MR) is 74.2 cm³/mol. The summed E-state index contributed by atoms with van der Waals surface area (Å²) in [5.74, 6) is 0.340. The second kappa shape index (κ2) is 5.20. The molecule has 0 radical (unpaired) electrons. The molecule has 1 saturated carbocycles. The van der Waals surface area contributed by atoms with Gasteiger partial charge in [-0.25, -0.2) is 0 Å². The van der Waals surface area contributed by atoms with Gasteiger partial charge in [-0.1, -0.05) is 33.6 Å². The van der Waals surface area contributed by atoms with Gasteiger partial charge in [0.1, 0.15) is 0 Å². The molecule has 104 valence electrons. The van der Waals surface area contributed by atoms with Gasteiger partial charge in [-0.15, -0.1) is 0 Å². The smallest absolute Gasteiger partial charge is 0.241 e. The molecule has 0 aromatic rings. The van der Waals surface area contributed by atoms with Gasteiger partial charge in [0.2, 0.25) is 5.91 Å². The highest BCUT2D eigenvalue weighted by Gasteiger charge is 2.42. The first kappa shape index (κ1) is 13.9. The largest absolute Gasteiger partial charge is 0.323 e. The molecule has 1 N–H and O–H groups in total. The third-order valence-corrected chi connectivity index (χ3v) is 4.56. The van der Waals surface area contributed by atoms with E-state index in [1.165, 1.54) is 19.3 Å². The lowest BCUT2D eigenvalue weighted by molar-refractivity contribution is -0.133. The Labute approximate surface area is 111 Å². The Hall–Kier alpha value is -0.570. The summed E-state index contributed by atoms with van der Waals surface area (Å²) < 4.78 is 0. The van der Waals surface area contributed by atoms with E-state index in [9.17, 15) is 4.79 Å². The molecule has 1 heterocycles. The third kappa shape index (κ3) is 2.71. The molecular formula is C15H28N2O. The lowest BCUT2D eigenvalue weighted by Crippen LogP contribution is -2.46.